The number of rotatable bonds is 4. The van der Waals surface area contributed by atoms with E-state index < -0.39 is 23.8 Å². The minimum Gasteiger partial charge on any atom is -0.399 e. The van der Waals surface area contributed by atoms with Gasteiger partial charge in [0.1, 0.15) is 0 Å². The SMILES string of the molecule is Nc1ccc(C(=O)NC(=O)NCCN2C(=O)c3ccccc3C2=O)cc1. The fourth-order valence-corrected chi connectivity index (χ4v) is 2.58. The van der Waals surface area contributed by atoms with Crippen LogP contribution in [0.5, 0.6) is 0 Å². The molecule has 0 spiro atoms. The maximum atomic E-state index is 12.2. The molecule has 8 heteroatoms. The highest BCUT2D eigenvalue weighted by molar-refractivity contribution is 6.21. The minimum atomic E-state index is -0.719. The van der Waals surface area contributed by atoms with Crippen LogP contribution in [0.25, 0.3) is 0 Å². The van der Waals surface area contributed by atoms with E-state index in [4.69, 9.17) is 5.73 Å². The number of urea groups is 1. The van der Waals surface area contributed by atoms with Crippen LogP contribution in [0, 0.1) is 0 Å². The van der Waals surface area contributed by atoms with Crippen molar-refractivity contribution in [1.82, 2.24) is 15.5 Å². The number of nitrogens with one attached hydrogen (secondary N) is 2. The highest BCUT2D eigenvalue weighted by atomic mass is 16.2. The van der Waals surface area contributed by atoms with Crippen molar-refractivity contribution in [2.75, 3.05) is 18.8 Å². The second kappa shape index (κ2) is 7.06. The van der Waals surface area contributed by atoms with Crippen LogP contribution in [0.15, 0.2) is 48.5 Å². The summed E-state index contributed by atoms with van der Waals surface area (Å²) in [7, 11) is 0. The van der Waals surface area contributed by atoms with Gasteiger partial charge in [0, 0.05) is 24.3 Å². The van der Waals surface area contributed by atoms with E-state index in [1.807, 2.05) is 0 Å². The predicted octanol–water partition coefficient (Wildman–Crippen LogP) is 1.00. The Hall–Kier alpha value is -3.68. The van der Waals surface area contributed by atoms with E-state index in [0.29, 0.717) is 16.8 Å². The third-order valence-corrected chi connectivity index (χ3v) is 3.90. The molecule has 0 saturated heterocycles. The number of carbonyl (C=O) groups excluding carboxylic acids is 4. The molecule has 1 aliphatic heterocycles. The van der Waals surface area contributed by atoms with Crippen LogP contribution in [-0.4, -0.2) is 41.7 Å². The lowest BCUT2D eigenvalue weighted by Crippen LogP contribution is -2.43. The molecule has 8 nitrogen and oxygen atoms in total. The zero-order valence-electron chi connectivity index (χ0n) is 13.7. The third-order valence-electron chi connectivity index (χ3n) is 3.90. The van der Waals surface area contributed by atoms with E-state index in [9.17, 15) is 19.2 Å². The van der Waals surface area contributed by atoms with Crippen molar-refractivity contribution in [3.63, 3.8) is 0 Å². The topological polar surface area (TPSA) is 122 Å². The lowest BCUT2D eigenvalue weighted by molar-refractivity contribution is 0.0654. The number of fused-ring (bicyclic) bond motifs is 1. The number of imide groups is 2. The Morgan fingerprint density at radius 3 is 2.08 bits per heavy atom. The van der Waals surface area contributed by atoms with Crippen LogP contribution < -0.4 is 16.4 Å². The Morgan fingerprint density at radius 2 is 1.50 bits per heavy atom. The number of carbonyl (C=O) groups is 4. The summed E-state index contributed by atoms with van der Waals surface area (Å²) in [6.45, 7) is 0.0299. The third kappa shape index (κ3) is 3.39. The smallest absolute Gasteiger partial charge is 0.321 e. The van der Waals surface area contributed by atoms with Crippen LogP contribution in [0.4, 0.5) is 10.5 Å². The van der Waals surface area contributed by atoms with Crippen molar-refractivity contribution in [3.05, 3.63) is 65.2 Å². The zero-order chi connectivity index (χ0) is 18.7. The molecule has 2 aromatic rings. The molecule has 1 heterocycles. The summed E-state index contributed by atoms with van der Waals surface area (Å²) in [5, 5.41) is 4.61. The second-order valence-electron chi connectivity index (χ2n) is 5.64. The monoisotopic (exact) mass is 352 g/mol. The van der Waals surface area contributed by atoms with E-state index in [1.54, 1.807) is 36.4 Å². The van der Waals surface area contributed by atoms with Crippen molar-refractivity contribution >= 4 is 29.4 Å². The molecule has 0 aliphatic carbocycles. The maximum Gasteiger partial charge on any atom is 0.321 e. The highest BCUT2D eigenvalue weighted by Crippen LogP contribution is 2.21. The Morgan fingerprint density at radius 1 is 0.923 bits per heavy atom. The molecule has 0 atom stereocenters. The predicted molar refractivity (Wildman–Crippen MR) is 93.5 cm³/mol. The van der Waals surface area contributed by atoms with Crippen molar-refractivity contribution in [3.8, 4) is 0 Å². The number of nitrogens with zero attached hydrogens (tertiary/aromatic N) is 1. The highest BCUT2D eigenvalue weighted by Gasteiger charge is 2.34. The van der Waals surface area contributed by atoms with Crippen LogP contribution in [-0.2, 0) is 0 Å². The van der Waals surface area contributed by atoms with Crippen molar-refractivity contribution < 1.29 is 19.2 Å². The van der Waals surface area contributed by atoms with Gasteiger partial charge in [0.15, 0.2) is 0 Å². The van der Waals surface area contributed by atoms with E-state index >= 15 is 0 Å². The van der Waals surface area contributed by atoms with Crippen LogP contribution in [0.2, 0.25) is 0 Å². The molecule has 2 aromatic carbocycles. The fraction of sp³-hybridized carbons (Fsp3) is 0.111. The summed E-state index contributed by atoms with van der Waals surface area (Å²) in [5.74, 6) is -1.38. The lowest BCUT2D eigenvalue weighted by atomic mass is 10.1. The van der Waals surface area contributed by atoms with Gasteiger partial charge in [-0.25, -0.2) is 4.79 Å². The quantitative estimate of drug-likeness (QED) is 0.560. The Bertz CT molecular complexity index is 857. The van der Waals surface area contributed by atoms with E-state index in [0.717, 1.165) is 4.90 Å². The molecular weight excluding hydrogens is 336 g/mol. The number of nitrogen functional groups attached to an aromatic ring is 1. The summed E-state index contributed by atoms with van der Waals surface area (Å²) in [5.41, 5.74) is 7.03. The van der Waals surface area contributed by atoms with Gasteiger partial charge in [-0.1, -0.05) is 12.1 Å². The number of anilines is 1. The standard InChI is InChI=1S/C18H16N4O4/c19-12-7-5-11(6-8-12)15(23)21-18(26)20-9-10-22-16(24)13-3-1-2-4-14(13)17(22)25/h1-8H,9-10,19H2,(H2,20,21,23,26). The van der Waals surface area contributed by atoms with Crippen molar-refractivity contribution in [1.29, 1.82) is 0 Å². The fourth-order valence-electron chi connectivity index (χ4n) is 2.58. The van der Waals surface area contributed by atoms with Crippen molar-refractivity contribution in [2.24, 2.45) is 0 Å². The zero-order valence-corrected chi connectivity index (χ0v) is 13.7. The van der Waals surface area contributed by atoms with Crippen LogP contribution >= 0.6 is 0 Å². The molecule has 0 saturated carbocycles. The van der Waals surface area contributed by atoms with Gasteiger partial charge in [-0.05, 0) is 36.4 Å². The average Bonchev–Trinajstić information content (AvgIpc) is 2.87. The summed E-state index contributed by atoms with van der Waals surface area (Å²) in [4.78, 5) is 49.1. The van der Waals surface area contributed by atoms with Gasteiger partial charge in [0.2, 0.25) is 0 Å². The molecule has 0 fully saturated rings. The Balaban J connectivity index is 1.50. The molecule has 0 radical (unpaired) electrons. The number of benzene rings is 2. The molecule has 0 aromatic heterocycles. The van der Waals surface area contributed by atoms with Crippen LogP contribution in [0.3, 0.4) is 0 Å². The second-order valence-corrected chi connectivity index (χ2v) is 5.64. The summed E-state index contributed by atoms with van der Waals surface area (Å²) >= 11 is 0. The summed E-state index contributed by atoms with van der Waals surface area (Å²) in [6, 6.07) is 11.9. The molecule has 132 valence electrons. The normalized spacial score (nSPS) is 12.7. The molecule has 0 bridgehead atoms. The Labute approximate surface area is 149 Å². The van der Waals surface area contributed by atoms with Gasteiger partial charge < -0.3 is 11.1 Å². The molecule has 1 aliphatic rings. The van der Waals surface area contributed by atoms with Crippen molar-refractivity contribution in [2.45, 2.75) is 0 Å². The Kier molecular flexibility index (Phi) is 4.66. The molecule has 0 unspecified atom stereocenters. The largest absolute Gasteiger partial charge is 0.399 e. The lowest BCUT2D eigenvalue weighted by Gasteiger charge is -2.14. The first-order valence-electron chi connectivity index (χ1n) is 7.87. The molecule has 4 N–H and O–H groups in total. The van der Waals surface area contributed by atoms with Gasteiger partial charge >= 0.3 is 6.03 Å². The minimum absolute atomic E-state index is 0.00975. The number of hydrogen-bond acceptors (Lipinski definition) is 5. The molecule has 5 amide bonds. The summed E-state index contributed by atoms with van der Waals surface area (Å²) < 4.78 is 0. The first-order valence-corrected chi connectivity index (χ1v) is 7.87. The van der Waals surface area contributed by atoms with E-state index in [-0.39, 0.29) is 18.7 Å². The number of hydrogen-bond donors (Lipinski definition) is 3. The van der Waals surface area contributed by atoms with Gasteiger partial charge in [-0.3, -0.25) is 24.6 Å². The van der Waals surface area contributed by atoms with E-state index in [1.165, 1.54) is 12.1 Å². The maximum absolute atomic E-state index is 12.2. The van der Waals surface area contributed by atoms with Gasteiger partial charge in [0.25, 0.3) is 17.7 Å². The summed E-state index contributed by atoms with van der Waals surface area (Å²) in [6.07, 6.45) is 0. The molecule has 3 rings (SSSR count). The van der Waals surface area contributed by atoms with Gasteiger partial charge in [0.05, 0.1) is 11.1 Å². The number of nitrogens with two attached hydrogens (primary N) is 1. The van der Waals surface area contributed by atoms with Gasteiger partial charge in [-0.15, -0.1) is 0 Å². The van der Waals surface area contributed by atoms with Gasteiger partial charge in [-0.2, -0.15) is 0 Å². The number of amides is 5. The average molecular weight is 352 g/mol. The van der Waals surface area contributed by atoms with E-state index in [2.05, 4.69) is 10.6 Å². The van der Waals surface area contributed by atoms with Crippen LogP contribution in [0.1, 0.15) is 31.1 Å². The molecular formula is C18H16N4O4. The molecule has 26 heavy (non-hydrogen) atoms. The first kappa shape index (κ1) is 17.2. The first-order chi connectivity index (χ1) is 12.5.